The number of anilines is 1. The van der Waals surface area contributed by atoms with E-state index in [1.54, 1.807) is 12.3 Å². The number of hydrogen-bond acceptors (Lipinski definition) is 7. The number of amides is 2. The molecular weight excluding hydrogens is 439 g/mol. The van der Waals surface area contributed by atoms with E-state index in [4.69, 9.17) is 4.74 Å². The molecule has 1 aliphatic heterocycles. The summed E-state index contributed by atoms with van der Waals surface area (Å²) in [7, 11) is 3.32. The van der Waals surface area contributed by atoms with E-state index in [-0.39, 0.29) is 38.0 Å². The van der Waals surface area contributed by atoms with Crippen LogP contribution in [0.3, 0.4) is 0 Å². The maximum Gasteiger partial charge on any atom is 0.257 e. The Kier molecular flexibility index (Phi) is 7.55. The normalized spacial score (nSPS) is 16.6. The molecule has 3 rings (SSSR count). The highest BCUT2D eigenvalue weighted by Gasteiger charge is 2.29. The molecule has 7 nitrogen and oxygen atoms in total. The van der Waals surface area contributed by atoms with Crippen molar-refractivity contribution < 1.29 is 18.7 Å². The predicted molar refractivity (Wildman–Crippen MR) is 121 cm³/mol. The first-order chi connectivity index (χ1) is 14.9. The van der Waals surface area contributed by atoms with E-state index in [2.05, 4.69) is 16.9 Å². The molecule has 31 heavy (non-hydrogen) atoms. The summed E-state index contributed by atoms with van der Waals surface area (Å²) in [6.07, 6.45) is 1.60. The van der Waals surface area contributed by atoms with Gasteiger partial charge in [-0.3, -0.25) is 9.59 Å². The zero-order chi connectivity index (χ0) is 22.5. The van der Waals surface area contributed by atoms with Crippen LogP contribution in [-0.2, 0) is 4.79 Å². The summed E-state index contributed by atoms with van der Waals surface area (Å²) < 4.78 is 20.9. The fourth-order valence-electron chi connectivity index (χ4n) is 3.28. The van der Waals surface area contributed by atoms with Crippen LogP contribution in [0.2, 0.25) is 0 Å². The third-order valence-electron chi connectivity index (χ3n) is 4.89. The second-order valence-electron chi connectivity index (χ2n) is 6.99. The van der Waals surface area contributed by atoms with Gasteiger partial charge in [-0.25, -0.2) is 9.37 Å². The molecule has 0 saturated carbocycles. The van der Waals surface area contributed by atoms with Gasteiger partial charge in [0.2, 0.25) is 5.91 Å². The minimum Gasteiger partial charge on any atom is -0.496 e. The molecule has 2 heterocycles. The number of benzene rings is 1. The van der Waals surface area contributed by atoms with Crippen LogP contribution in [0.4, 0.5) is 9.52 Å². The number of carbonyl (C=O) groups is 2. The first-order valence-electron chi connectivity index (χ1n) is 9.71. The smallest absolute Gasteiger partial charge is 0.257 e. The van der Waals surface area contributed by atoms with Crippen molar-refractivity contribution in [2.24, 2.45) is 0 Å². The van der Waals surface area contributed by atoms with Crippen LogP contribution >= 0.6 is 23.1 Å². The van der Waals surface area contributed by atoms with Gasteiger partial charge in [0.25, 0.3) is 5.91 Å². The Morgan fingerprint density at radius 2 is 2.06 bits per heavy atom. The number of aromatic nitrogens is 1. The first kappa shape index (κ1) is 23.1. The largest absolute Gasteiger partial charge is 0.496 e. The number of ether oxygens (including phenoxy) is 1. The molecular formula is C21H25FN4O3S2. The lowest BCUT2D eigenvalue weighted by molar-refractivity contribution is -0.126. The maximum atomic E-state index is 14.5. The molecule has 166 valence electrons. The van der Waals surface area contributed by atoms with E-state index in [1.165, 1.54) is 40.0 Å². The Morgan fingerprint density at radius 3 is 2.71 bits per heavy atom. The van der Waals surface area contributed by atoms with Crippen LogP contribution < -0.4 is 10.1 Å². The standard InChI is InChI=1S/C21H25FN4O3S2/c1-5-18(27)25-6-7-26(12-14(22)11-25)20(28)15-9-17(13(2)8-16(15)29-4)30-19-10-24-21(23-3)31-19/h5,8-10,14H,1,6-7,11-12H2,2-4H3,(H,23,24). The molecule has 0 radical (unpaired) electrons. The van der Waals surface area contributed by atoms with E-state index in [0.717, 1.165) is 25.9 Å². The zero-order valence-corrected chi connectivity index (χ0v) is 19.3. The van der Waals surface area contributed by atoms with E-state index >= 15 is 0 Å². The molecule has 1 aromatic heterocycles. The number of carbonyl (C=O) groups excluding carboxylic acids is 2. The average molecular weight is 465 g/mol. The number of nitrogens with zero attached hydrogens (tertiary/aromatic N) is 3. The lowest BCUT2D eigenvalue weighted by atomic mass is 10.1. The molecule has 1 unspecified atom stereocenters. The number of aryl methyl sites for hydroxylation is 1. The molecule has 1 aliphatic rings. The fourth-order valence-corrected chi connectivity index (χ4v) is 5.18. The van der Waals surface area contributed by atoms with Crippen molar-refractivity contribution in [1.29, 1.82) is 0 Å². The van der Waals surface area contributed by atoms with E-state index in [1.807, 2.05) is 20.0 Å². The van der Waals surface area contributed by atoms with Crippen LogP contribution in [0, 0.1) is 6.92 Å². The van der Waals surface area contributed by atoms with Gasteiger partial charge in [-0.05, 0) is 30.7 Å². The third kappa shape index (κ3) is 5.37. The van der Waals surface area contributed by atoms with Crippen molar-refractivity contribution in [2.75, 3.05) is 45.7 Å². The van der Waals surface area contributed by atoms with E-state index in [9.17, 15) is 14.0 Å². The quantitative estimate of drug-likeness (QED) is 0.660. The summed E-state index contributed by atoms with van der Waals surface area (Å²) in [5.41, 5.74) is 1.32. The van der Waals surface area contributed by atoms with Gasteiger partial charge in [0.15, 0.2) is 5.13 Å². The van der Waals surface area contributed by atoms with Gasteiger partial charge in [0.05, 0.1) is 36.2 Å². The number of nitrogens with one attached hydrogen (secondary N) is 1. The van der Waals surface area contributed by atoms with Gasteiger partial charge in [-0.15, -0.1) is 0 Å². The maximum absolute atomic E-state index is 14.5. The van der Waals surface area contributed by atoms with Gasteiger partial charge in [-0.2, -0.15) is 0 Å². The number of alkyl halides is 1. The summed E-state index contributed by atoms with van der Waals surface area (Å²) in [6.45, 7) is 5.75. The molecule has 0 bridgehead atoms. The van der Waals surface area contributed by atoms with Crippen LogP contribution in [0.1, 0.15) is 15.9 Å². The van der Waals surface area contributed by atoms with Crippen LogP contribution in [0.5, 0.6) is 5.75 Å². The second kappa shape index (κ2) is 10.1. The Labute approximate surface area is 189 Å². The van der Waals surface area contributed by atoms with Crippen LogP contribution in [0.15, 0.2) is 40.1 Å². The van der Waals surface area contributed by atoms with Crippen molar-refractivity contribution in [3.05, 3.63) is 42.1 Å². The monoisotopic (exact) mass is 464 g/mol. The summed E-state index contributed by atoms with van der Waals surface area (Å²) in [5.74, 6) is -0.228. The van der Waals surface area contributed by atoms with Gasteiger partial charge < -0.3 is 19.9 Å². The van der Waals surface area contributed by atoms with Gasteiger partial charge in [-0.1, -0.05) is 29.7 Å². The van der Waals surface area contributed by atoms with Gasteiger partial charge >= 0.3 is 0 Å². The van der Waals surface area contributed by atoms with Gasteiger partial charge in [0.1, 0.15) is 11.9 Å². The van der Waals surface area contributed by atoms with Crippen molar-refractivity contribution in [3.8, 4) is 5.75 Å². The zero-order valence-electron chi connectivity index (χ0n) is 17.7. The lowest BCUT2D eigenvalue weighted by Gasteiger charge is -2.23. The van der Waals surface area contributed by atoms with Gasteiger partial charge in [0, 0.05) is 25.0 Å². The minimum absolute atomic E-state index is 0.0556. The Hall–Kier alpha value is -2.59. The SMILES string of the molecule is C=CC(=O)N1CCN(C(=O)c2cc(Sc3cnc(NC)s3)c(C)cc2OC)CC(F)C1. The molecule has 1 saturated heterocycles. The van der Waals surface area contributed by atoms with E-state index in [0.29, 0.717) is 11.3 Å². The second-order valence-corrected chi connectivity index (χ2v) is 9.36. The number of thiazole rings is 1. The number of halogens is 1. The van der Waals surface area contributed by atoms with Crippen LogP contribution in [-0.4, -0.2) is 73.1 Å². The fraction of sp³-hybridized carbons (Fsp3) is 0.381. The predicted octanol–water partition coefficient (Wildman–Crippen LogP) is 3.46. The Bertz CT molecular complexity index is 982. The summed E-state index contributed by atoms with van der Waals surface area (Å²) in [6, 6.07) is 3.60. The lowest BCUT2D eigenvalue weighted by Crippen LogP contribution is -2.37. The van der Waals surface area contributed by atoms with E-state index < -0.39 is 6.17 Å². The highest BCUT2D eigenvalue weighted by atomic mass is 32.2. The third-order valence-corrected chi connectivity index (χ3v) is 7.16. The highest BCUT2D eigenvalue weighted by molar-refractivity contribution is 8.01. The molecule has 10 heteroatoms. The molecule has 0 aliphatic carbocycles. The number of hydrogen-bond donors (Lipinski definition) is 1. The summed E-state index contributed by atoms with van der Waals surface area (Å²) in [5, 5.41) is 3.82. The number of rotatable bonds is 6. The Balaban J connectivity index is 1.86. The molecule has 1 atom stereocenters. The molecule has 1 aromatic carbocycles. The van der Waals surface area contributed by atoms with Crippen molar-refractivity contribution in [3.63, 3.8) is 0 Å². The number of methoxy groups -OCH3 is 1. The Morgan fingerprint density at radius 1 is 1.35 bits per heavy atom. The summed E-state index contributed by atoms with van der Waals surface area (Å²) in [4.78, 5) is 33.2. The minimum atomic E-state index is -1.34. The molecule has 0 spiro atoms. The molecule has 1 fully saturated rings. The van der Waals surface area contributed by atoms with Crippen molar-refractivity contribution in [2.45, 2.75) is 22.2 Å². The highest BCUT2D eigenvalue weighted by Crippen LogP contribution is 2.38. The van der Waals surface area contributed by atoms with Crippen molar-refractivity contribution in [1.82, 2.24) is 14.8 Å². The summed E-state index contributed by atoms with van der Waals surface area (Å²) >= 11 is 3.03. The molecule has 2 amide bonds. The molecule has 2 aromatic rings. The molecule has 1 N–H and O–H groups in total. The average Bonchev–Trinajstić information content (AvgIpc) is 3.13. The van der Waals surface area contributed by atoms with Crippen LogP contribution in [0.25, 0.3) is 0 Å². The van der Waals surface area contributed by atoms with Crippen molar-refractivity contribution >= 4 is 40.0 Å². The topological polar surface area (TPSA) is 74.8 Å². The first-order valence-corrected chi connectivity index (χ1v) is 11.3.